The first kappa shape index (κ1) is 20.5. The number of sulfonamides is 1. The molecule has 3 aromatic rings. The lowest BCUT2D eigenvalue weighted by Gasteiger charge is -2.23. The number of aryl methyl sites for hydroxylation is 1. The van der Waals surface area contributed by atoms with Crippen molar-refractivity contribution in [3.63, 3.8) is 0 Å². The van der Waals surface area contributed by atoms with Crippen LogP contribution in [0.15, 0.2) is 70.2 Å². The molecule has 2 aromatic carbocycles. The number of carbonyl (C=O) groups excluding carboxylic acids is 1. The first-order valence-electron chi connectivity index (χ1n) is 8.99. The van der Waals surface area contributed by atoms with Gasteiger partial charge < -0.3 is 14.5 Å². The Kier molecular flexibility index (Phi) is 5.93. The maximum atomic E-state index is 13.2. The Bertz CT molecular complexity index is 1110. The van der Waals surface area contributed by atoms with Gasteiger partial charge in [0.1, 0.15) is 11.5 Å². The van der Waals surface area contributed by atoms with Crippen LogP contribution in [-0.4, -0.2) is 28.0 Å². The topological polar surface area (TPSA) is 88.9 Å². The average Bonchev–Trinajstić information content (AvgIpc) is 3.15. The van der Waals surface area contributed by atoms with Crippen molar-refractivity contribution in [3.05, 3.63) is 72.2 Å². The number of hydrogen-bond donors (Lipinski definition) is 1. The largest absolute Gasteiger partial charge is 0.495 e. The van der Waals surface area contributed by atoms with Gasteiger partial charge in [0, 0.05) is 6.54 Å². The number of rotatable bonds is 7. The fourth-order valence-corrected chi connectivity index (χ4v) is 4.47. The summed E-state index contributed by atoms with van der Waals surface area (Å²) in [5.41, 5.74) is 1.17. The van der Waals surface area contributed by atoms with Gasteiger partial charge >= 0.3 is 0 Å². The van der Waals surface area contributed by atoms with Crippen LogP contribution >= 0.6 is 0 Å². The molecule has 0 spiro atoms. The summed E-state index contributed by atoms with van der Waals surface area (Å²) in [6, 6.07) is 14.8. The molecule has 1 amide bonds. The Morgan fingerprint density at radius 3 is 2.45 bits per heavy atom. The molecule has 0 saturated carbocycles. The van der Waals surface area contributed by atoms with Crippen molar-refractivity contribution in [2.75, 3.05) is 23.3 Å². The minimum Gasteiger partial charge on any atom is -0.495 e. The predicted molar refractivity (Wildman–Crippen MR) is 111 cm³/mol. The van der Waals surface area contributed by atoms with Crippen LogP contribution in [-0.2, 0) is 10.0 Å². The second-order valence-corrected chi connectivity index (χ2v) is 8.07. The summed E-state index contributed by atoms with van der Waals surface area (Å²) >= 11 is 0. The molecule has 1 heterocycles. The SMILES string of the molecule is CCN(c1ccccc1)S(=O)(=O)c1ccc(OC)c(NC(=O)c2ccoc2C)c1. The number of anilines is 2. The van der Waals surface area contributed by atoms with Gasteiger partial charge in [-0.05, 0) is 50.2 Å². The lowest BCUT2D eigenvalue weighted by atomic mass is 10.2. The Morgan fingerprint density at radius 1 is 1.14 bits per heavy atom. The van der Waals surface area contributed by atoms with Crippen LogP contribution < -0.4 is 14.4 Å². The molecule has 3 rings (SSSR count). The van der Waals surface area contributed by atoms with Gasteiger partial charge in [-0.2, -0.15) is 0 Å². The van der Waals surface area contributed by atoms with E-state index in [0.717, 1.165) is 0 Å². The highest BCUT2D eigenvalue weighted by molar-refractivity contribution is 7.92. The van der Waals surface area contributed by atoms with Gasteiger partial charge in [-0.1, -0.05) is 18.2 Å². The molecule has 0 aliphatic rings. The van der Waals surface area contributed by atoms with Crippen molar-refractivity contribution < 1.29 is 22.4 Å². The minimum absolute atomic E-state index is 0.0446. The summed E-state index contributed by atoms with van der Waals surface area (Å²) < 4.78 is 38.2. The fourth-order valence-electron chi connectivity index (χ4n) is 2.97. The predicted octanol–water partition coefficient (Wildman–Crippen LogP) is 4.06. The molecule has 0 bridgehead atoms. The van der Waals surface area contributed by atoms with Crippen molar-refractivity contribution in [2.24, 2.45) is 0 Å². The number of nitrogens with zero attached hydrogens (tertiary/aromatic N) is 1. The minimum atomic E-state index is -3.84. The second-order valence-electron chi connectivity index (χ2n) is 6.21. The van der Waals surface area contributed by atoms with Crippen LogP contribution in [0.2, 0.25) is 0 Å². The number of para-hydroxylation sites is 1. The molecule has 0 fully saturated rings. The lowest BCUT2D eigenvalue weighted by Crippen LogP contribution is -2.30. The van der Waals surface area contributed by atoms with Crippen molar-refractivity contribution in [2.45, 2.75) is 18.7 Å². The number of benzene rings is 2. The third-order valence-corrected chi connectivity index (χ3v) is 6.34. The molecule has 0 radical (unpaired) electrons. The Balaban J connectivity index is 1.99. The maximum absolute atomic E-state index is 13.2. The third kappa shape index (κ3) is 4.12. The van der Waals surface area contributed by atoms with Gasteiger partial charge in [0.15, 0.2) is 0 Å². The zero-order valence-corrected chi connectivity index (χ0v) is 17.2. The number of ether oxygens (including phenoxy) is 1. The summed E-state index contributed by atoms with van der Waals surface area (Å²) in [7, 11) is -2.39. The smallest absolute Gasteiger partial charge is 0.264 e. The van der Waals surface area contributed by atoms with Gasteiger partial charge in [0.25, 0.3) is 15.9 Å². The summed E-state index contributed by atoms with van der Waals surface area (Å²) in [6.45, 7) is 3.69. The molecule has 7 nitrogen and oxygen atoms in total. The molecule has 1 aromatic heterocycles. The molecule has 152 valence electrons. The molecular formula is C21H22N2O5S. The van der Waals surface area contributed by atoms with Crippen LogP contribution in [0.25, 0.3) is 0 Å². The van der Waals surface area contributed by atoms with Crippen LogP contribution in [0, 0.1) is 6.92 Å². The van der Waals surface area contributed by atoms with E-state index < -0.39 is 15.9 Å². The quantitative estimate of drug-likeness (QED) is 0.630. The number of carbonyl (C=O) groups is 1. The first-order valence-corrected chi connectivity index (χ1v) is 10.4. The number of amides is 1. The van der Waals surface area contributed by atoms with Gasteiger partial charge in [-0.3, -0.25) is 9.10 Å². The second kappa shape index (κ2) is 8.40. The summed E-state index contributed by atoms with van der Waals surface area (Å²) in [5, 5.41) is 2.71. The van der Waals surface area contributed by atoms with Crippen LogP contribution in [0.5, 0.6) is 5.75 Å². The maximum Gasteiger partial charge on any atom is 0.264 e. The fraction of sp³-hybridized carbons (Fsp3) is 0.190. The molecular weight excluding hydrogens is 392 g/mol. The third-order valence-electron chi connectivity index (χ3n) is 4.44. The van der Waals surface area contributed by atoms with Crippen LogP contribution in [0.3, 0.4) is 0 Å². The van der Waals surface area contributed by atoms with Crippen LogP contribution in [0.1, 0.15) is 23.0 Å². The van der Waals surface area contributed by atoms with E-state index in [4.69, 9.17) is 9.15 Å². The molecule has 8 heteroatoms. The highest BCUT2D eigenvalue weighted by Crippen LogP contribution is 2.31. The van der Waals surface area contributed by atoms with Gasteiger partial charge in [-0.25, -0.2) is 8.42 Å². The summed E-state index contributed by atoms with van der Waals surface area (Å²) in [4.78, 5) is 12.6. The molecule has 1 N–H and O–H groups in total. The number of nitrogens with one attached hydrogen (secondary N) is 1. The Hall–Kier alpha value is -3.26. The lowest BCUT2D eigenvalue weighted by molar-refractivity contribution is 0.102. The highest BCUT2D eigenvalue weighted by atomic mass is 32.2. The Labute approximate surface area is 170 Å². The number of hydrogen-bond acceptors (Lipinski definition) is 5. The molecule has 0 aliphatic carbocycles. The van der Waals surface area contributed by atoms with E-state index in [1.807, 2.05) is 6.07 Å². The first-order chi connectivity index (χ1) is 13.9. The van der Waals surface area contributed by atoms with Crippen molar-refractivity contribution >= 4 is 27.3 Å². The summed E-state index contributed by atoms with van der Waals surface area (Å²) in [5.74, 6) is 0.396. The van der Waals surface area contributed by atoms with E-state index >= 15 is 0 Å². The highest BCUT2D eigenvalue weighted by Gasteiger charge is 2.25. The van der Waals surface area contributed by atoms with Crippen molar-refractivity contribution in [1.29, 1.82) is 0 Å². The number of furan rings is 1. The standard InChI is InChI=1S/C21H22N2O5S/c1-4-23(16-8-6-5-7-9-16)29(25,26)17-10-11-20(27-3)19(14-17)22-21(24)18-12-13-28-15(18)2/h5-14H,4H2,1-3H3,(H,22,24). The van der Waals surface area contributed by atoms with E-state index in [9.17, 15) is 13.2 Å². The van der Waals surface area contributed by atoms with E-state index in [2.05, 4.69) is 5.32 Å². The monoisotopic (exact) mass is 414 g/mol. The Morgan fingerprint density at radius 2 is 1.86 bits per heavy atom. The summed E-state index contributed by atoms with van der Waals surface area (Å²) in [6.07, 6.45) is 1.42. The van der Waals surface area contributed by atoms with E-state index in [1.54, 1.807) is 44.2 Å². The van der Waals surface area contributed by atoms with Gasteiger partial charge in [-0.15, -0.1) is 0 Å². The van der Waals surface area contributed by atoms with E-state index in [-0.39, 0.29) is 17.1 Å². The zero-order valence-electron chi connectivity index (χ0n) is 16.4. The number of methoxy groups -OCH3 is 1. The molecule has 0 unspecified atom stereocenters. The molecule has 0 atom stereocenters. The van der Waals surface area contributed by atoms with Gasteiger partial charge in [0.2, 0.25) is 0 Å². The van der Waals surface area contributed by atoms with Gasteiger partial charge in [0.05, 0.1) is 35.2 Å². The molecule has 29 heavy (non-hydrogen) atoms. The zero-order chi connectivity index (χ0) is 21.0. The average molecular weight is 414 g/mol. The molecule has 0 aliphatic heterocycles. The molecule has 0 saturated heterocycles. The van der Waals surface area contributed by atoms with E-state index in [1.165, 1.54) is 35.9 Å². The normalized spacial score (nSPS) is 11.1. The van der Waals surface area contributed by atoms with Crippen LogP contribution in [0.4, 0.5) is 11.4 Å². The van der Waals surface area contributed by atoms with Crippen molar-refractivity contribution in [3.8, 4) is 5.75 Å². The van der Waals surface area contributed by atoms with Crippen molar-refractivity contribution in [1.82, 2.24) is 0 Å². The van der Waals surface area contributed by atoms with E-state index in [0.29, 0.717) is 22.8 Å².